The number of urea groups is 2. The molecule has 0 aromatic heterocycles. The van der Waals surface area contributed by atoms with Crippen molar-refractivity contribution in [2.45, 2.75) is 19.2 Å². The van der Waals surface area contributed by atoms with E-state index in [9.17, 15) is 22.8 Å². The number of anilines is 1. The van der Waals surface area contributed by atoms with E-state index in [2.05, 4.69) is 15.4 Å². The predicted molar refractivity (Wildman–Crippen MR) is 105 cm³/mol. The third-order valence-electron chi connectivity index (χ3n) is 4.27. The lowest BCUT2D eigenvalue weighted by Gasteiger charge is -2.41. The van der Waals surface area contributed by atoms with Crippen LogP contribution in [0.5, 0.6) is 5.75 Å². The Labute approximate surface area is 180 Å². The van der Waals surface area contributed by atoms with Gasteiger partial charge in [0.2, 0.25) is 0 Å². The molecule has 4 amide bonds. The lowest BCUT2D eigenvalue weighted by atomic mass is 10.2. The van der Waals surface area contributed by atoms with Crippen LogP contribution in [-0.4, -0.2) is 52.8 Å². The van der Waals surface area contributed by atoms with Crippen molar-refractivity contribution >= 4 is 29.4 Å². The third-order valence-corrected chi connectivity index (χ3v) is 4.53. The standard InChI is InChI=1S/C19H18ClF3N4O4/c20-13-3-1-12(2-4-13)11-27-16(25-17(29)26(9-10-28)18(27)30)24-14-5-7-15(8-6-14)31-19(21,22)23/h1-8,16,24,28H,9-11H2,(H,25,29). The molecule has 3 N–H and O–H groups in total. The number of aliphatic hydroxyl groups excluding tert-OH is 1. The van der Waals surface area contributed by atoms with Crippen molar-refractivity contribution in [3.8, 4) is 5.75 Å². The second-order valence-corrected chi connectivity index (χ2v) is 6.92. The summed E-state index contributed by atoms with van der Waals surface area (Å²) in [6.45, 7) is -0.518. The van der Waals surface area contributed by atoms with Gasteiger partial charge in [0.25, 0.3) is 0 Å². The normalized spacial score (nSPS) is 16.9. The van der Waals surface area contributed by atoms with Gasteiger partial charge in [-0.25, -0.2) is 14.5 Å². The van der Waals surface area contributed by atoms with Crippen molar-refractivity contribution < 1.29 is 32.6 Å². The number of β-amino-alcohol motifs (C(OH)–C–C–N with tert-alkyl or cyclic N) is 1. The number of carbonyl (C=O) groups excluding carboxylic acids is 2. The molecule has 2 aromatic rings. The number of carbonyl (C=O) groups is 2. The Balaban J connectivity index is 1.80. The van der Waals surface area contributed by atoms with Gasteiger partial charge < -0.3 is 15.2 Å². The summed E-state index contributed by atoms with van der Waals surface area (Å²) in [7, 11) is 0. The smallest absolute Gasteiger partial charge is 0.406 e. The molecule has 1 unspecified atom stereocenters. The summed E-state index contributed by atoms with van der Waals surface area (Å²) in [5.41, 5.74) is 1.06. The monoisotopic (exact) mass is 458 g/mol. The van der Waals surface area contributed by atoms with Gasteiger partial charge in [0, 0.05) is 10.7 Å². The molecule has 1 fully saturated rings. The van der Waals surface area contributed by atoms with Crippen molar-refractivity contribution in [1.29, 1.82) is 0 Å². The summed E-state index contributed by atoms with van der Waals surface area (Å²) < 4.78 is 40.8. The Morgan fingerprint density at radius 3 is 2.32 bits per heavy atom. The molecule has 1 atom stereocenters. The van der Waals surface area contributed by atoms with Gasteiger partial charge in [-0.2, -0.15) is 0 Å². The van der Waals surface area contributed by atoms with Crippen molar-refractivity contribution in [3.05, 3.63) is 59.1 Å². The fourth-order valence-electron chi connectivity index (χ4n) is 2.89. The maximum absolute atomic E-state index is 12.9. The summed E-state index contributed by atoms with van der Waals surface area (Å²) in [6, 6.07) is 10.2. The molecule has 2 aromatic carbocycles. The average Bonchev–Trinajstić information content (AvgIpc) is 2.70. The maximum atomic E-state index is 12.9. The fourth-order valence-corrected chi connectivity index (χ4v) is 3.02. The highest BCUT2D eigenvalue weighted by atomic mass is 35.5. The Morgan fingerprint density at radius 1 is 1.10 bits per heavy atom. The van der Waals surface area contributed by atoms with Crippen LogP contribution in [0.3, 0.4) is 0 Å². The summed E-state index contributed by atoms with van der Waals surface area (Å²) in [4.78, 5) is 27.3. The number of aliphatic hydroxyl groups is 1. The molecule has 0 spiro atoms. The molecule has 8 nitrogen and oxygen atoms in total. The summed E-state index contributed by atoms with van der Waals surface area (Å²) in [5, 5.41) is 15.2. The van der Waals surface area contributed by atoms with Crippen LogP contribution in [0.4, 0.5) is 28.4 Å². The van der Waals surface area contributed by atoms with Gasteiger partial charge in [0.15, 0.2) is 6.29 Å². The highest BCUT2D eigenvalue weighted by Crippen LogP contribution is 2.25. The number of benzene rings is 2. The summed E-state index contributed by atoms with van der Waals surface area (Å²) >= 11 is 5.89. The molecule has 12 heteroatoms. The molecule has 1 aliphatic rings. The van der Waals surface area contributed by atoms with Gasteiger partial charge in [0.1, 0.15) is 5.75 Å². The van der Waals surface area contributed by atoms with Crippen LogP contribution >= 0.6 is 11.6 Å². The Bertz CT molecular complexity index is 925. The minimum absolute atomic E-state index is 0.0884. The first-order valence-electron chi connectivity index (χ1n) is 9.02. The number of amides is 4. The topological polar surface area (TPSA) is 94.1 Å². The van der Waals surface area contributed by atoms with E-state index in [1.807, 2.05) is 0 Å². The largest absolute Gasteiger partial charge is 0.573 e. The molecule has 1 aliphatic heterocycles. The molecule has 1 heterocycles. The van der Waals surface area contributed by atoms with Gasteiger partial charge in [0.05, 0.1) is 19.7 Å². The zero-order valence-electron chi connectivity index (χ0n) is 15.9. The molecule has 3 rings (SSSR count). The van der Waals surface area contributed by atoms with Crippen LogP contribution in [0.2, 0.25) is 5.02 Å². The Morgan fingerprint density at radius 2 is 1.74 bits per heavy atom. The van der Waals surface area contributed by atoms with E-state index in [4.69, 9.17) is 16.7 Å². The number of alkyl halides is 3. The second kappa shape index (κ2) is 9.31. The first-order valence-corrected chi connectivity index (χ1v) is 9.40. The molecular formula is C19H18ClF3N4O4. The molecule has 0 radical (unpaired) electrons. The number of hydrogen-bond donors (Lipinski definition) is 3. The quantitative estimate of drug-likeness (QED) is 0.589. The number of imide groups is 1. The molecule has 31 heavy (non-hydrogen) atoms. The Kier molecular flexibility index (Phi) is 6.76. The van der Waals surface area contributed by atoms with Crippen LogP contribution in [0.1, 0.15) is 5.56 Å². The van der Waals surface area contributed by atoms with Crippen molar-refractivity contribution in [1.82, 2.24) is 15.1 Å². The molecule has 0 saturated carbocycles. The number of ether oxygens (including phenoxy) is 1. The number of rotatable bonds is 7. The molecule has 1 saturated heterocycles. The zero-order valence-corrected chi connectivity index (χ0v) is 16.7. The van der Waals surface area contributed by atoms with E-state index in [0.29, 0.717) is 10.7 Å². The van der Waals surface area contributed by atoms with Crippen LogP contribution < -0.4 is 15.4 Å². The maximum Gasteiger partial charge on any atom is 0.573 e. The van der Waals surface area contributed by atoms with E-state index in [1.54, 1.807) is 24.3 Å². The molecule has 0 aliphatic carbocycles. The highest BCUT2D eigenvalue weighted by molar-refractivity contribution is 6.30. The van der Waals surface area contributed by atoms with Gasteiger partial charge in [-0.1, -0.05) is 23.7 Å². The predicted octanol–water partition coefficient (Wildman–Crippen LogP) is 3.57. The summed E-state index contributed by atoms with van der Waals surface area (Å²) in [6.07, 6.45) is -5.82. The van der Waals surface area contributed by atoms with E-state index in [1.165, 1.54) is 17.0 Å². The SMILES string of the molecule is O=C1NC(Nc2ccc(OC(F)(F)F)cc2)N(Cc2ccc(Cl)cc2)C(=O)N1CCO. The zero-order chi connectivity index (χ0) is 22.6. The van der Waals surface area contributed by atoms with Crippen molar-refractivity contribution in [2.24, 2.45) is 0 Å². The minimum atomic E-state index is -4.82. The van der Waals surface area contributed by atoms with Gasteiger partial charge in [-0.3, -0.25) is 10.2 Å². The van der Waals surface area contributed by atoms with Crippen molar-refractivity contribution in [3.63, 3.8) is 0 Å². The van der Waals surface area contributed by atoms with E-state index >= 15 is 0 Å². The van der Waals surface area contributed by atoms with Crippen LogP contribution in [0.15, 0.2) is 48.5 Å². The minimum Gasteiger partial charge on any atom is -0.406 e. The van der Waals surface area contributed by atoms with Crippen LogP contribution in [0.25, 0.3) is 0 Å². The van der Waals surface area contributed by atoms with Crippen LogP contribution in [-0.2, 0) is 6.54 Å². The van der Waals surface area contributed by atoms with Gasteiger partial charge >= 0.3 is 18.4 Å². The second-order valence-electron chi connectivity index (χ2n) is 6.48. The van der Waals surface area contributed by atoms with E-state index < -0.39 is 37.1 Å². The molecule has 0 bridgehead atoms. The summed E-state index contributed by atoms with van der Waals surface area (Å²) in [5.74, 6) is -0.408. The first-order chi connectivity index (χ1) is 14.7. The number of hydrogen-bond acceptors (Lipinski definition) is 5. The number of nitrogens with zero attached hydrogens (tertiary/aromatic N) is 2. The van der Waals surface area contributed by atoms with E-state index in [0.717, 1.165) is 22.6 Å². The first kappa shape index (κ1) is 22.5. The third kappa shape index (κ3) is 5.92. The number of halogens is 4. The van der Waals surface area contributed by atoms with Gasteiger partial charge in [-0.05, 0) is 42.0 Å². The van der Waals surface area contributed by atoms with Crippen LogP contribution in [0, 0.1) is 0 Å². The molecular weight excluding hydrogens is 441 g/mol. The highest BCUT2D eigenvalue weighted by Gasteiger charge is 2.38. The van der Waals surface area contributed by atoms with E-state index in [-0.39, 0.29) is 13.1 Å². The van der Waals surface area contributed by atoms with Gasteiger partial charge in [-0.15, -0.1) is 13.2 Å². The number of nitrogens with one attached hydrogen (secondary N) is 2. The lowest BCUT2D eigenvalue weighted by molar-refractivity contribution is -0.274. The molecule has 166 valence electrons. The van der Waals surface area contributed by atoms with Crippen molar-refractivity contribution in [2.75, 3.05) is 18.5 Å². The fraction of sp³-hybridized carbons (Fsp3) is 0.263. The Hall–Kier alpha value is -3.18. The lowest BCUT2D eigenvalue weighted by Crippen LogP contribution is -2.67. The average molecular weight is 459 g/mol.